The van der Waals surface area contributed by atoms with Gasteiger partial charge in [-0.3, -0.25) is 4.79 Å². The Labute approximate surface area is 113 Å². The van der Waals surface area contributed by atoms with E-state index < -0.39 is 0 Å². The highest BCUT2D eigenvalue weighted by Crippen LogP contribution is 2.32. The van der Waals surface area contributed by atoms with Crippen LogP contribution in [0.3, 0.4) is 0 Å². The van der Waals surface area contributed by atoms with Crippen molar-refractivity contribution in [2.45, 2.75) is 18.9 Å². The van der Waals surface area contributed by atoms with E-state index in [1.54, 1.807) is 17.2 Å². The molecule has 6 nitrogen and oxygen atoms in total. The van der Waals surface area contributed by atoms with Crippen LogP contribution in [-0.2, 0) is 0 Å². The second-order valence-corrected chi connectivity index (χ2v) is 5.62. The van der Waals surface area contributed by atoms with Gasteiger partial charge in [0, 0.05) is 18.5 Å². The molecule has 3 rings (SSSR count). The Hall–Kier alpha value is -1.73. The summed E-state index contributed by atoms with van der Waals surface area (Å²) in [4.78, 5) is 15.4. The molecule has 0 spiro atoms. The fourth-order valence-electron chi connectivity index (χ4n) is 2.24. The third kappa shape index (κ3) is 2.15. The maximum absolute atomic E-state index is 12.4. The molecule has 1 saturated heterocycles. The van der Waals surface area contributed by atoms with Gasteiger partial charge in [-0.1, -0.05) is 0 Å². The van der Waals surface area contributed by atoms with E-state index in [0.29, 0.717) is 41.3 Å². The van der Waals surface area contributed by atoms with Gasteiger partial charge in [0.2, 0.25) is 0 Å². The minimum Gasteiger partial charge on any atom is -0.397 e. The van der Waals surface area contributed by atoms with Gasteiger partial charge < -0.3 is 15.7 Å². The fourth-order valence-corrected chi connectivity index (χ4v) is 3.25. The number of aromatic nitrogens is 2. The molecule has 0 aliphatic carbocycles. The molecule has 1 aliphatic heterocycles. The van der Waals surface area contributed by atoms with Crippen LogP contribution in [0.15, 0.2) is 12.3 Å². The maximum atomic E-state index is 12.4. The van der Waals surface area contributed by atoms with Gasteiger partial charge in [-0.05, 0) is 18.9 Å². The van der Waals surface area contributed by atoms with Crippen LogP contribution in [0, 0.1) is 0 Å². The Balaban J connectivity index is 1.91. The molecule has 0 saturated carbocycles. The van der Waals surface area contributed by atoms with Crippen molar-refractivity contribution in [3.8, 4) is 0 Å². The number of amides is 1. The van der Waals surface area contributed by atoms with Crippen LogP contribution in [0.5, 0.6) is 0 Å². The van der Waals surface area contributed by atoms with Gasteiger partial charge in [0.15, 0.2) is 0 Å². The van der Waals surface area contributed by atoms with Gasteiger partial charge >= 0.3 is 0 Å². The van der Waals surface area contributed by atoms with E-state index in [0.717, 1.165) is 5.39 Å². The van der Waals surface area contributed by atoms with Crippen molar-refractivity contribution in [2.75, 3.05) is 18.8 Å². The molecule has 0 radical (unpaired) electrons. The summed E-state index contributed by atoms with van der Waals surface area (Å²) in [7, 11) is 0. The second kappa shape index (κ2) is 4.75. The summed E-state index contributed by atoms with van der Waals surface area (Å²) in [6.07, 6.45) is 2.51. The smallest absolute Gasteiger partial charge is 0.266 e. The summed E-state index contributed by atoms with van der Waals surface area (Å²) in [5, 5.41) is 18.0. The van der Waals surface area contributed by atoms with Crippen LogP contribution in [0.1, 0.15) is 22.5 Å². The van der Waals surface area contributed by atoms with Crippen LogP contribution in [0.2, 0.25) is 0 Å². The first-order chi connectivity index (χ1) is 9.16. The molecule has 0 unspecified atom stereocenters. The van der Waals surface area contributed by atoms with Crippen molar-refractivity contribution in [2.24, 2.45) is 0 Å². The highest BCUT2D eigenvalue weighted by molar-refractivity contribution is 7.21. The summed E-state index contributed by atoms with van der Waals surface area (Å²) in [5.41, 5.74) is 6.50. The lowest BCUT2D eigenvalue weighted by molar-refractivity contribution is 0.0551. The normalized spacial score (nSPS) is 17.0. The molecule has 3 N–H and O–H groups in total. The number of hydrogen-bond acceptors (Lipinski definition) is 6. The van der Waals surface area contributed by atoms with E-state index in [9.17, 15) is 9.90 Å². The van der Waals surface area contributed by atoms with Crippen molar-refractivity contribution >= 4 is 33.1 Å². The lowest BCUT2D eigenvalue weighted by Crippen LogP contribution is -2.39. The Morgan fingerprint density at radius 3 is 2.89 bits per heavy atom. The van der Waals surface area contributed by atoms with Crippen LogP contribution < -0.4 is 5.73 Å². The minimum absolute atomic E-state index is 0.0765. The molecule has 1 aliphatic rings. The summed E-state index contributed by atoms with van der Waals surface area (Å²) in [6.45, 7) is 1.14. The Morgan fingerprint density at radius 2 is 2.21 bits per heavy atom. The average Bonchev–Trinajstić information content (AvgIpc) is 2.77. The van der Waals surface area contributed by atoms with Crippen LogP contribution >= 0.6 is 11.3 Å². The first kappa shape index (κ1) is 12.3. The molecule has 3 heterocycles. The van der Waals surface area contributed by atoms with Gasteiger partial charge in [0.25, 0.3) is 5.91 Å². The van der Waals surface area contributed by atoms with Crippen LogP contribution in [0.25, 0.3) is 10.2 Å². The number of likely N-dealkylation sites (tertiary alicyclic amines) is 1. The maximum Gasteiger partial charge on any atom is 0.266 e. The third-order valence-corrected chi connectivity index (χ3v) is 4.46. The number of thiophene rings is 1. The minimum atomic E-state index is -0.297. The standard InChI is InChI=1S/C12H14N4O2S/c13-9-8-1-4-14-15-11(8)19-10(9)12(18)16-5-2-7(17)3-6-16/h1,4,7,17H,2-3,5-6,13H2. The molecule has 1 amide bonds. The Bertz CT molecular complexity index is 619. The number of nitrogens with two attached hydrogens (primary N) is 1. The van der Waals surface area contributed by atoms with Gasteiger partial charge in [-0.25, -0.2) is 0 Å². The van der Waals surface area contributed by atoms with Crippen LogP contribution in [-0.4, -0.2) is 45.3 Å². The monoisotopic (exact) mass is 278 g/mol. The first-order valence-corrected chi connectivity index (χ1v) is 6.95. The number of aliphatic hydroxyl groups is 1. The molecule has 0 bridgehead atoms. The summed E-state index contributed by atoms with van der Waals surface area (Å²) < 4.78 is 0. The highest BCUT2D eigenvalue weighted by Gasteiger charge is 2.26. The molecular formula is C12H14N4O2S. The second-order valence-electron chi connectivity index (χ2n) is 4.62. The summed E-state index contributed by atoms with van der Waals surface area (Å²) >= 11 is 1.27. The van der Waals surface area contributed by atoms with Crippen molar-refractivity contribution < 1.29 is 9.90 Å². The van der Waals surface area contributed by atoms with Gasteiger partial charge in [-0.15, -0.1) is 16.4 Å². The van der Waals surface area contributed by atoms with Gasteiger partial charge in [0.1, 0.15) is 9.71 Å². The van der Waals surface area contributed by atoms with E-state index in [1.165, 1.54) is 11.3 Å². The molecule has 1 fully saturated rings. The van der Waals surface area contributed by atoms with Crippen molar-refractivity contribution in [1.82, 2.24) is 15.1 Å². The first-order valence-electron chi connectivity index (χ1n) is 6.14. The zero-order valence-corrected chi connectivity index (χ0v) is 11.1. The number of piperidine rings is 1. The number of carbonyl (C=O) groups excluding carboxylic acids is 1. The molecule has 2 aromatic heterocycles. The number of carbonyl (C=O) groups is 1. The lowest BCUT2D eigenvalue weighted by atomic mass is 10.1. The van der Waals surface area contributed by atoms with E-state index >= 15 is 0 Å². The zero-order valence-electron chi connectivity index (χ0n) is 10.2. The number of nitrogens with zero attached hydrogens (tertiary/aromatic N) is 3. The summed E-state index contributed by atoms with van der Waals surface area (Å²) in [5.74, 6) is -0.0765. The van der Waals surface area contributed by atoms with E-state index in [1.807, 2.05) is 0 Å². The van der Waals surface area contributed by atoms with Gasteiger partial charge in [0.05, 0.1) is 18.0 Å². The van der Waals surface area contributed by atoms with E-state index in [4.69, 9.17) is 5.73 Å². The number of fused-ring (bicyclic) bond motifs is 1. The summed E-state index contributed by atoms with van der Waals surface area (Å²) in [6, 6.07) is 1.77. The predicted octanol–water partition coefficient (Wildman–Crippen LogP) is 0.870. The lowest BCUT2D eigenvalue weighted by Gasteiger charge is -2.29. The number of hydrogen-bond donors (Lipinski definition) is 2. The van der Waals surface area contributed by atoms with E-state index in [2.05, 4.69) is 10.2 Å². The topological polar surface area (TPSA) is 92.3 Å². The molecule has 0 aromatic carbocycles. The highest BCUT2D eigenvalue weighted by atomic mass is 32.1. The average molecular weight is 278 g/mol. The predicted molar refractivity (Wildman–Crippen MR) is 73.0 cm³/mol. The number of nitrogen functional groups attached to an aromatic ring is 1. The molecular weight excluding hydrogens is 264 g/mol. The van der Waals surface area contributed by atoms with E-state index in [-0.39, 0.29) is 12.0 Å². The van der Waals surface area contributed by atoms with Crippen LogP contribution in [0.4, 0.5) is 5.69 Å². The number of aliphatic hydroxyl groups excluding tert-OH is 1. The number of anilines is 1. The van der Waals surface area contributed by atoms with Crippen molar-refractivity contribution in [1.29, 1.82) is 0 Å². The molecule has 7 heteroatoms. The SMILES string of the molecule is Nc1c(C(=O)N2CCC(O)CC2)sc2nnccc12. The number of rotatable bonds is 1. The molecule has 2 aromatic rings. The fraction of sp³-hybridized carbons (Fsp3) is 0.417. The zero-order chi connectivity index (χ0) is 13.4. The third-order valence-electron chi connectivity index (χ3n) is 3.37. The largest absolute Gasteiger partial charge is 0.397 e. The van der Waals surface area contributed by atoms with Crippen molar-refractivity contribution in [3.63, 3.8) is 0 Å². The Kier molecular flexibility index (Phi) is 3.08. The van der Waals surface area contributed by atoms with Gasteiger partial charge in [-0.2, -0.15) is 5.10 Å². The Morgan fingerprint density at radius 1 is 1.47 bits per heavy atom. The molecule has 0 atom stereocenters. The molecule has 19 heavy (non-hydrogen) atoms. The quantitative estimate of drug-likeness (QED) is 0.807. The molecule has 100 valence electrons. The van der Waals surface area contributed by atoms with Crippen molar-refractivity contribution in [3.05, 3.63) is 17.1 Å².